The monoisotopic (exact) mass is 361 g/mol. The maximum Gasteiger partial charge on any atom is 0.253 e. The Hall–Kier alpha value is -2.92. The number of nitrogens with zero attached hydrogens (tertiary/aromatic N) is 2. The van der Waals surface area contributed by atoms with E-state index in [0.717, 1.165) is 40.8 Å². The van der Waals surface area contributed by atoms with E-state index in [1.165, 1.54) is 0 Å². The predicted molar refractivity (Wildman–Crippen MR) is 107 cm³/mol. The summed E-state index contributed by atoms with van der Waals surface area (Å²) >= 11 is 0. The Labute approximate surface area is 158 Å². The highest BCUT2D eigenvalue weighted by molar-refractivity contribution is 5.94. The van der Waals surface area contributed by atoms with Crippen molar-refractivity contribution in [1.29, 1.82) is 0 Å². The Morgan fingerprint density at radius 1 is 1.00 bits per heavy atom. The van der Waals surface area contributed by atoms with E-state index in [1.807, 2.05) is 60.4 Å². The molecule has 2 aromatic carbocycles. The quantitative estimate of drug-likeness (QED) is 0.780. The van der Waals surface area contributed by atoms with Crippen molar-refractivity contribution in [1.82, 2.24) is 14.8 Å². The van der Waals surface area contributed by atoms with Gasteiger partial charge in [0.1, 0.15) is 0 Å². The molecule has 0 radical (unpaired) electrons. The third kappa shape index (κ3) is 3.78. The Morgan fingerprint density at radius 2 is 1.78 bits per heavy atom. The van der Waals surface area contributed by atoms with Crippen LogP contribution in [0.4, 0.5) is 0 Å². The summed E-state index contributed by atoms with van der Waals surface area (Å²) in [6, 6.07) is 17.0. The van der Waals surface area contributed by atoms with E-state index in [4.69, 9.17) is 0 Å². The number of carbonyl (C=O) groups excluding carboxylic acids is 1. The highest BCUT2D eigenvalue weighted by Crippen LogP contribution is 2.13. The van der Waals surface area contributed by atoms with Gasteiger partial charge < -0.3 is 9.88 Å². The lowest BCUT2D eigenvalue weighted by molar-refractivity contribution is 0.0627. The van der Waals surface area contributed by atoms with E-state index in [0.29, 0.717) is 19.6 Å². The summed E-state index contributed by atoms with van der Waals surface area (Å²) in [7, 11) is 0. The molecule has 1 aromatic heterocycles. The smallest absolute Gasteiger partial charge is 0.253 e. The number of benzene rings is 2. The maximum atomic E-state index is 12.7. The molecule has 138 valence electrons. The van der Waals surface area contributed by atoms with Crippen molar-refractivity contribution in [2.75, 3.05) is 26.2 Å². The first kappa shape index (κ1) is 17.5. The molecule has 5 heteroatoms. The number of amides is 1. The third-order valence-corrected chi connectivity index (χ3v) is 5.11. The zero-order valence-corrected chi connectivity index (χ0v) is 15.4. The van der Waals surface area contributed by atoms with E-state index in [2.05, 4.69) is 9.88 Å². The van der Waals surface area contributed by atoms with Crippen LogP contribution >= 0.6 is 0 Å². The van der Waals surface area contributed by atoms with E-state index in [1.54, 1.807) is 6.07 Å². The fourth-order valence-electron chi connectivity index (χ4n) is 3.65. The molecule has 0 atom stereocenters. The standard InChI is InChI=1S/C22H23N3O2/c1-16-5-4-6-17(13-16)22(27)25-11-9-24(10-12-25)15-18-14-21(26)19-7-2-3-8-20(19)23-18/h2-8,13-14H,9-12,15H2,1H3,(H,23,26). The molecule has 1 aliphatic rings. The second-order valence-corrected chi connectivity index (χ2v) is 7.14. The number of aryl methyl sites for hydroxylation is 1. The fraction of sp³-hybridized carbons (Fsp3) is 0.273. The van der Waals surface area contributed by atoms with Gasteiger partial charge >= 0.3 is 0 Å². The van der Waals surface area contributed by atoms with E-state index in [-0.39, 0.29) is 11.3 Å². The molecule has 1 saturated heterocycles. The second-order valence-electron chi connectivity index (χ2n) is 7.14. The summed E-state index contributed by atoms with van der Waals surface area (Å²) in [4.78, 5) is 32.5. The lowest BCUT2D eigenvalue weighted by Gasteiger charge is -2.34. The number of aromatic nitrogens is 1. The number of fused-ring (bicyclic) bond motifs is 1. The van der Waals surface area contributed by atoms with Crippen molar-refractivity contribution in [3.05, 3.63) is 81.6 Å². The van der Waals surface area contributed by atoms with Gasteiger partial charge in [0.15, 0.2) is 5.43 Å². The summed E-state index contributed by atoms with van der Waals surface area (Å²) < 4.78 is 0. The topological polar surface area (TPSA) is 56.4 Å². The van der Waals surface area contributed by atoms with Crippen LogP contribution in [0.5, 0.6) is 0 Å². The number of pyridine rings is 1. The molecular weight excluding hydrogens is 338 g/mol. The molecule has 4 rings (SSSR count). The number of hydrogen-bond acceptors (Lipinski definition) is 3. The van der Waals surface area contributed by atoms with Crippen LogP contribution in [0.1, 0.15) is 21.6 Å². The Kier molecular flexibility index (Phi) is 4.77. The number of para-hydroxylation sites is 1. The van der Waals surface area contributed by atoms with Crippen molar-refractivity contribution >= 4 is 16.8 Å². The number of carbonyl (C=O) groups is 1. The first-order valence-electron chi connectivity index (χ1n) is 9.29. The van der Waals surface area contributed by atoms with Gasteiger partial charge in [-0.3, -0.25) is 14.5 Å². The summed E-state index contributed by atoms with van der Waals surface area (Å²) in [6.07, 6.45) is 0. The third-order valence-electron chi connectivity index (χ3n) is 5.11. The Morgan fingerprint density at radius 3 is 2.56 bits per heavy atom. The first-order valence-corrected chi connectivity index (χ1v) is 9.29. The van der Waals surface area contributed by atoms with Gasteiger partial charge in [0.25, 0.3) is 5.91 Å². The number of aromatic amines is 1. The SMILES string of the molecule is Cc1cccc(C(=O)N2CCN(Cc3cc(=O)c4ccccc4[nH]3)CC2)c1. The number of piperazine rings is 1. The van der Waals surface area contributed by atoms with Crippen molar-refractivity contribution in [3.8, 4) is 0 Å². The largest absolute Gasteiger partial charge is 0.357 e. The molecule has 0 spiro atoms. The van der Waals surface area contributed by atoms with Crippen LogP contribution in [0.3, 0.4) is 0 Å². The van der Waals surface area contributed by atoms with Crippen LogP contribution in [0.15, 0.2) is 59.4 Å². The number of H-pyrrole nitrogens is 1. The molecule has 1 amide bonds. The summed E-state index contributed by atoms with van der Waals surface area (Å²) in [5.41, 5.74) is 3.68. The van der Waals surface area contributed by atoms with Gasteiger partial charge in [0, 0.05) is 61.0 Å². The number of hydrogen-bond donors (Lipinski definition) is 1. The molecule has 1 aliphatic heterocycles. The average molecular weight is 361 g/mol. The molecule has 0 unspecified atom stereocenters. The maximum absolute atomic E-state index is 12.7. The molecule has 2 heterocycles. The molecule has 3 aromatic rings. The van der Waals surface area contributed by atoms with E-state index >= 15 is 0 Å². The van der Waals surface area contributed by atoms with Gasteiger partial charge in [-0.2, -0.15) is 0 Å². The molecule has 27 heavy (non-hydrogen) atoms. The zero-order chi connectivity index (χ0) is 18.8. The number of nitrogens with one attached hydrogen (secondary N) is 1. The van der Waals surface area contributed by atoms with E-state index < -0.39 is 0 Å². The normalized spacial score (nSPS) is 15.2. The van der Waals surface area contributed by atoms with Crippen molar-refractivity contribution in [3.63, 3.8) is 0 Å². The highest BCUT2D eigenvalue weighted by Gasteiger charge is 2.22. The molecular formula is C22H23N3O2. The lowest BCUT2D eigenvalue weighted by atomic mass is 10.1. The van der Waals surface area contributed by atoms with Gasteiger partial charge in [-0.05, 0) is 31.2 Å². The Balaban J connectivity index is 1.41. The molecule has 5 nitrogen and oxygen atoms in total. The van der Waals surface area contributed by atoms with Crippen molar-refractivity contribution in [2.45, 2.75) is 13.5 Å². The van der Waals surface area contributed by atoms with Crippen molar-refractivity contribution in [2.24, 2.45) is 0 Å². The lowest BCUT2D eigenvalue weighted by Crippen LogP contribution is -2.48. The van der Waals surface area contributed by atoms with Crippen LogP contribution in [0, 0.1) is 6.92 Å². The zero-order valence-electron chi connectivity index (χ0n) is 15.4. The highest BCUT2D eigenvalue weighted by atomic mass is 16.2. The minimum absolute atomic E-state index is 0.0487. The van der Waals surface area contributed by atoms with Gasteiger partial charge in [0.05, 0.1) is 0 Å². The minimum atomic E-state index is 0.0487. The van der Waals surface area contributed by atoms with Gasteiger partial charge in [-0.1, -0.05) is 29.8 Å². The predicted octanol–water partition coefficient (Wildman–Crippen LogP) is 2.79. The minimum Gasteiger partial charge on any atom is -0.357 e. The fourth-order valence-corrected chi connectivity index (χ4v) is 3.65. The summed E-state index contributed by atoms with van der Waals surface area (Å²) in [5, 5.41) is 0.717. The second kappa shape index (κ2) is 7.37. The Bertz CT molecular complexity index is 1030. The van der Waals surface area contributed by atoms with Gasteiger partial charge in [-0.15, -0.1) is 0 Å². The van der Waals surface area contributed by atoms with Crippen molar-refractivity contribution < 1.29 is 4.79 Å². The molecule has 0 aliphatic carbocycles. The molecule has 1 fully saturated rings. The van der Waals surface area contributed by atoms with Gasteiger partial charge in [0.2, 0.25) is 0 Å². The van der Waals surface area contributed by atoms with Crippen LogP contribution < -0.4 is 5.43 Å². The molecule has 0 saturated carbocycles. The van der Waals surface area contributed by atoms with Gasteiger partial charge in [-0.25, -0.2) is 0 Å². The first-order chi connectivity index (χ1) is 13.1. The van der Waals surface area contributed by atoms with Crippen LogP contribution in [0.2, 0.25) is 0 Å². The summed E-state index contributed by atoms with van der Waals surface area (Å²) in [6.45, 7) is 5.68. The number of rotatable bonds is 3. The molecule has 1 N–H and O–H groups in total. The van der Waals surface area contributed by atoms with Crippen LogP contribution in [0.25, 0.3) is 10.9 Å². The summed E-state index contributed by atoms with van der Waals surface area (Å²) in [5.74, 6) is 0.0949. The van der Waals surface area contributed by atoms with Crippen LogP contribution in [-0.2, 0) is 6.54 Å². The molecule has 0 bridgehead atoms. The van der Waals surface area contributed by atoms with Crippen LogP contribution in [-0.4, -0.2) is 46.9 Å². The van der Waals surface area contributed by atoms with E-state index in [9.17, 15) is 9.59 Å². The average Bonchev–Trinajstić information content (AvgIpc) is 2.68.